The minimum Gasteiger partial charge on any atom is -0.494 e. The number of aromatic hydroxyl groups is 2. The summed E-state index contributed by atoms with van der Waals surface area (Å²) in [7, 11) is 0. The van der Waals surface area contributed by atoms with Gasteiger partial charge in [-0.25, -0.2) is 0 Å². The number of pyridine rings is 1. The third-order valence-electron chi connectivity index (χ3n) is 6.06. The Bertz CT molecular complexity index is 1180. The van der Waals surface area contributed by atoms with Crippen LogP contribution >= 0.6 is 0 Å². The third kappa shape index (κ3) is 6.06. The second kappa shape index (κ2) is 11.3. The maximum atomic E-state index is 13.3. The average molecular weight is 479 g/mol. The van der Waals surface area contributed by atoms with Crippen molar-refractivity contribution < 1.29 is 24.6 Å². The van der Waals surface area contributed by atoms with Gasteiger partial charge in [0.15, 0.2) is 11.7 Å². The Morgan fingerprint density at radius 1 is 1.00 bits per heavy atom. The molecule has 0 saturated heterocycles. The van der Waals surface area contributed by atoms with E-state index < -0.39 is 35.6 Å². The van der Waals surface area contributed by atoms with Crippen LogP contribution in [0, 0.1) is 12.8 Å². The van der Waals surface area contributed by atoms with E-state index >= 15 is 0 Å². The van der Waals surface area contributed by atoms with Gasteiger partial charge in [0.05, 0.1) is 24.1 Å². The van der Waals surface area contributed by atoms with E-state index in [9.17, 15) is 24.6 Å². The summed E-state index contributed by atoms with van der Waals surface area (Å²) in [6.45, 7) is 5.21. The SMILES string of the molecule is CC[C@H](C)[C@@H](NC(=O)C[C@H](NC(=O)c1ccccn1)c1ccccc1)C(=O)c1c(O)[nH]c(O)c1C. The highest BCUT2D eigenvalue weighted by molar-refractivity contribution is 6.05. The summed E-state index contributed by atoms with van der Waals surface area (Å²) in [6, 6.07) is 12.4. The summed E-state index contributed by atoms with van der Waals surface area (Å²) in [4.78, 5) is 45.5. The fraction of sp³-hybridized carbons (Fsp3) is 0.308. The van der Waals surface area contributed by atoms with Crippen molar-refractivity contribution >= 4 is 17.6 Å². The number of Topliss-reactive ketones (excluding diaryl/α,β-unsaturated/α-hetero) is 1. The molecule has 3 rings (SSSR count). The van der Waals surface area contributed by atoms with E-state index in [0.717, 1.165) is 5.56 Å². The minimum absolute atomic E-state index is 0.0591. The molecule has 2 amide bonds. The molecule has 0 spiro atoms. The van der Waals surface area contributed by atoms with Gasteiger partial charge in [0.2, 0.25) is 11.8 Å². The molecule has 2 heterocycles. The largest absolute Gasteiger partial charge is 0.494 e. The van der Waals surface area contributed by atoms with E-state index in [1.807, 2.05) is 32.0 Å². The fourth-order valence-corrected chi connectivity index (χ4v) is 3.81. The van der Waals surface area contributed by atoms with Crippen LogP contribution in [0.15, 0.2) is 54.7 Å². The molecule has 5 N–H and O–H groups in total. The molecule has 0 aliphatic heterocycles. The van der Waals surface area contributed by atoms with Gasteiger partial charge in [-0.1, -0.05) is 56.7 Å². The van der Waals surface area contributed by atoms with Crippen LogP contribution in [0.2, 0.25) is 0 Å². The molecule has 0 bridgehead atoms. The van der Waals surface area contributed by atoms with Gasteiger partial charge < -0.3 is 20.8 Å². The van der Waals surface area contributed by atoms with E-state index in [1.165, 1.54) is 13.1 Å². The van der Waals surface area contributed by atoms with E-state index in [4.69, 9.17) is 0 Å². The van der Waals surface area contributed by atoms with Gasteiger partial charge in [-0.05, 0) is 30.5 Å². The number of amides is 2. The fourth-order valence-electron chi connectivity index (χ4n) is 3.81. The number of aromatic amines is 1. The Balaban J connectivity index is 1.82. The summed E-state index contributed by atoms with van der Waals surface area (Å²) < 4.78 is 0. The number of rotatable bonds is 10. The summed E-state index contributed by atoms with van der Waals surface area (Å²) in [5.41, 5.74) is 1.10. The number of carbonyl (C=O) groups excluding carboxylic acids is 3. The van der Waals surface area contributed by atoms with Crippen molar-refractivity contribution in [2.24, 2.45) is 5.92 Å². The smallest absolute Gasteiger partial charge is 0.270 e. The summed E-state index contributed by atoms with van der Waals surface area (Å²) >= 11 is 0. The lowest BCUT2D eigenvalue weighted by atomic mass is 9.90. The lowest BCUT2D eigenvalue weighted by Gasteiger charge is -2.25. The molecular weight excluding hydrogens is 448 g/mol. The maximum absolute atomic E-state index is 13.3. The van der Waals surface area contributed by atoms with Crippen LogP contribution in [0.25, 0.3) is 0 Å². The Labute approximate surface area is 203 Å². The first-order chi connectivity index (χ1) is 16.7. The molecule has 3 atom stereocenters. The van der Waals surface area contributed by atoms with Crippen molar-refractivity contribution in [3.05, 3.63) is 77.1 Å². The molecule has 9 nitrogen and oxygen atoms in total. The van der Waals surface area contributed by atoms with Crippen molar-refractivity contribution in [3.8, 4) is 11.8 Å². The van der Waals surface area contributed by atoms with E-state index in [2.05, 4.69) is 20.6 Å². The van der Waals surface area contributed by atoms with Crippen LogP contribution in [0.1, 0.15) is 64.7 Å². The Kier molecular flexibility index (Phi) is 8.25. The monoisotopic (exact) mass is 478 g/mol. The van der Waals surface area contributed by atoms with Gasteiger partial charge >= 0.3 is 0 Å². The predicted molar refractivity (Wildman–Crippen MR) is 130 cm³/mol. The Hall–Kier alpha value is -4.14. The van der Waals surface area contributed by atoms with Crippen molar-refractivity contribution in [1.29, 1.82) is 0 Å². The highest BCUT2D eigenvalue weighted by Gasteiger charge is 2.32. The molecule has 1 aromatic carbocycles. The number of nitrogens with zero attached hydrogens (tertiary/aromatic N) is 1. The number of aromatic nitrogens is 2. The summed E-state index contributed by atoms with van der Waals surface area (Å²) in [5, 5.41) is 25.6. The predicted octanol–water partition coefficient (Wildman–Crippen LogP) is 3.40. The molecule has 35 heavy (non-hydrogen) atoms. The maximum Gasteiger partial charge on any atom is 0.270 e. The van der Waals surface area contributed by atoms with Crippen molar-refractivity contribution in [3.63, 3.8) is 0 Å². The molecule has 184 valence electrons. The van der Waals surface area contributed by atoms with Crippen LogP contribution in [-0.4, -0.2) is 43.8 Å². The van der Waals surface area contributed by atoms with Gasteiger partial charge in [0, 0.05) is 11.8 Å². The standard InChI is InChI=1S/C26H30N4O5/c1-4-15(2)22(23(32)21-16(3)24(33)30-26(21)35)29-20(31)14-19(17-10-6-5-7-11-17)28-25(34)18-12-8-9-13-27-18/h5-13,15,19,22,30,33,35H,4,14H2,1-3H3,(H,28,34)(H,29,31)/t15-,19-,22+/m0/s1. The molecule has 0 saturated carbocycles. The second-order valence-electron chi connectivity index (χ2n) is 8.47. The van der Waals surface area contributed by atoms with Crippen LogP contribution in [0.4, 0.5) is 0 Å². The van der Waals surface area contributed by atoms with Crippen LogP contribution < -0.4 is 10.6 Å². The molecule has 2 aromatic heterocycles. The molecule has 0 radical (unpaired) electrons. The van der Waals surface area contributed by atoms with Gasteiger partial charge in [-0.2, -0.15) is 0 Å². The number of hydrogen-bond donors (Lipinski definition) is 5. The first-order valence-corrected chi connectivity index (χ1v) is 11.4. The number of hydrogen-bond acceptors (Lipinski definition) is 6. The number of H-pyrrole nitrogens is 1. The van der Waals surface area contributed by atoms with Gasteiger partial charge in [-0.15, -0.1) is 0 Å². The molecule has 0 aliphatic carbocycles. The van der Waals surface area contributed by atoms with E-state index in [-0.39, 0.29) is 35.0 Å². The quantitative estimate of drug-likeness (QED) is 0.283. The Morgan fingerprint density at radius 3 is 2.26 bits per heavy atom. The van der Waals surface area contributed by atoms with Crippen LogP contribution in [-0.2, 0) is 4.79 Å². The topological polar surface area (TPSA) is 144 Å². The first kappa shape index (κ1) is 25.5. The molecule has 9 heteroatoms. The molecule has 3 aromatic rings. The van der Waals surface area contributed by atoms with Gasteiger partial charge in [0.1, 0.15) is 5.69 Å². The van der Waals surface area contributed by atoms with Crippen LogP contribution in [0.5, 0.6) is 11.8 Å². The molecule has 0 fully saturated rings. The van der Waals surface area contributed by atoms with Crippen molar-refractivity contribution in [2.75, 3.05) is 0 Å². The number of carbonyl (C=O) groups is 3. The zero-order chi connectivity index (χ0) is 25.5. The summed E-state index contributed by atoms with van der Waals surface area (Å²) in [5.74, 6) is -2.38. The summed E-state index contributed by atoms with van der Waals surface area (Å²) in [6.07, 6.45) is 1.98. The lowest BCUT2D eigenvalue weighted by Crippen LogP contribution is -2.46. The normalized spacial score (nSPS) is 13.5. The Morgan fingerprint density at radius 2 is 1.69 bits per heavy atom. The number of nitrogens with one attached hydrogen (secondary N) is 3. The zero-order valence-electron chi connectivity index (χ0n) is 19.9. The molecular formula is C26H30N4O5. The first-order valence-electron chi connectivity index (χ1n) is 11.4. The zero-order valence-corrected chi connectivity index (χ0v) is 19.9. The molecule has 0 aliphatic rings. The third-order valence-corrected chi connectivity index (χ3v) is 6.06. The second-order valence-corrected chi connectivity index (χ2v) is 8.47. The van der Waals surface area contributed by atoms with Crippen molar-refractivity contribution in [2.45, 2.75) is 45.7 Å². The van der Waals surface area contributed by atoms with E-state index in [0.29, 0.717) is 6.42 Å². The minimum atomic E-state index is -0.935. The highest BCUT2D eigenvalue weighted by atomic mass is 16.3. The average Bonchev–Trinajstić information content (AvgIpc) is 3.12. The molecule has 0 unspecified atom stereocenters. The van der Waals surface area contributed by atoms with Gasteiger partial charge in [0.25, 0.3) is 5.91 Å². The van der Waals surface area contributed by atoms with Crippen LogP contribution in [0.3, 0.4) is 0 Å². The van der Waals surface area contributed by atoms with Crippen molar-refractivity contribution in [1.82, 2.24) is 20.6 Å². The highest BCUT2D eigenvalue weighted by Crippen LogP contribution is 2.30. The number of ketones is 1. The lowest BCUT2D eigenvalue weighted by molar-refractivity contribution is -0.122. The van der Waals surface area contributed by atoms with E-state index in [1.54, 1.807) is 30.3 Å². The van der Waals surface area contributed by atoms with Gasteiger partial charge in [-0.3, -0.25) is 24.4 Å². The number of benzene rings is 1.